The van der Waals surface area contributed by atoms with Gasteiger partial charge in [0.15, 0.2) is 0 Å². The Hall–Kier alpha value is -3.41. The number of carbonyl (C=O) groups excluding carboxylic acids is 2. The van der Waals surface area contributed by atoms with E-state index in [-0.39, 0.29) is 11.1 Å². The second-order valence-corrected chi connectivity index (χ2v) is 5.69. The second kappa shape index (κ2) is 7.23. The largest absolute Gasteiger partial charge is 0.497 e. The van der Waals surface area contributed by atoms with Gasteiger partial charge in [-0.05, 0) is 36.8 Å². The average Bonchev–Trinajstić information content (AvgIpc) is 2.67. The Balaban J connectivity index is 2.06. The van der Waals surface area contributed by atoms with Crippen molar-refractivity contribution in [1.29, 1.82) is 0 Å². The molecule has 6 nitrogen and oxygen atoms in total. The third-order valence-corrected chi connectivity index (χ3v) is 4.10. The van der Waals surface area contributed by atoms with Crippen molar-refractivity contribution >= 4 is 28.5 Å². The van der Waals surface area contributed by atoms with Gasteiger partial charge in [-0.15, -0.1) is 0 Å². The number of ether oxygens (including phenoxy) is 2. The third-order valence-electron chi connectivity index (χ3n) is 4.10. The number of benzene rings is 2. The molecule has 26 heavy (non-hydrogen) atoms. The highest BCUT2D eigenvalue weighted by atomic mass is 16.5. The molecule has 0 radical (unpaired) electrons. The number of rotatable bonds is 4. The molecule has 0 saturated carbocycles. The molecule has 1 aromatic heterocycles. The van der Waals surface area contributed by atoms with E-state index in [0.29, 0.717) is 17.0 Å². The molecule has 0 unspecified atom stereocenters. The van der Waals surface area contributed by atoms with Crippen molar-refractivity contribution in [3.8, 4) is 5.75 Å². The summed E-state index contributed by atoms with van der Waals surface area (Å²) in [6.45, 7) is 1.96. The van der Waals surface area contributed by atoms with E-state index in [1.165, 1.54) is 7.11 Å². The number of esters is 1. The quantitative estimate of drug-likeness (QED) is 0.728. The highest BCUT2D eigenvalue weighted by molar-refractivity contribution is 6.13. The summed E-state index contributed by atoms with van der Waals surface area (Å²) < 4.78 is 10.1. The number of methoxy groups -OCH3 is 2. The van der Waals surface area contributed by atoms with Crippen molar-refractivity contribution < 1.29 is 19.1 Å². The number of hydrogen-bond donors (Lipinski definition) is 1. The maximum atomic E-state index is 12.8. The van der Waals surface area contributed by atoms with Crippen LogP contribution < -0.4 is 10.1 Å². The van der Waals surface area contributed by atoms with Gasteiger partial charge >= 0.3 is 5.97 Å². The normalized spacial score (nSPS) is 10.4. The smallest absolute Gasteiger partial charge is 0.338 e. The fraction of sp³-hybridized carbons (Fsp3) is 0.150. The molecule has 0 saturated heterocycles. The maximum absolute atomic E-state index is 12.8. The van der Waals surface area contributed by atoms with E-state index < -0.39 is 11.9 Å². The van der Waals surface area contributed by atoms with Gasteiger partial charge in [0.05, 0.1) is 36.6 Å². The van der Waals surface area contributed by atoms with E-state index >= 15 is 0 Å². The SMILES string of the molecule is COC(=O)c1ccccc1C(=O)Nc1cc(OC)cc2c(C)ccnc12. The Labute approximate surface area is 150 Å². The molecule has 1 amide bonds. The molecule has 0 atom stereocenters. The fourth-order valence-electron chi connectivity index (χ4n) is 2.73. The monoisotopic (exact) mass is 350 g/mol. The predicted molar refractivity (Wildman–Crippen MR) is 98.8 cm³/mol. The number of carbonyl (C=O) groups is 2. The molecule has 0 aliphatic rings. The van der Waals surface area contributed by atoms with Gasteiger partial charge in [0.2, 0.25) is 0 Å². The lowest BCUT2D eigenvalue weighted by Gasteiger charge is -2.13. The van der Waals surface area contributed by atoms with Gasteiger partial charge in [-0.25, -0.2) is 4.79 Å². The first kappa shape index (κ1) is 17.4. The van der Waals surface area contributed by atoms with Crippen LogP contribution in [0.5, 0.6) is 5.75 Å². The van der Waals surface area contributed by atoms with Gasteiger partial charge in [-0.1, -0.05) is 12.1 Å². The van der Waals surface area contributed by atoms with Crippen LogP contribution in [0.1, 0.15) is 26.3 Å². The Kier molecular flexibility index (Phi) is 4.84. The highest BCUT2D eigenvalue weighted by Gasteiger charge is 2.18. The van der Waals surface area contributed by atoms with Crippen LogP contribution in [0.25, 0.3) is 10.9 Å². The third kappa shape index (κ3) is 3.21. The number of hydrogen-bond acceptors (Lipinski definition) is 5. The molecular formula is C20H18N2O4. The maximum Gasteiger partial charge on any atom is 0.338 e. The van der Waals surface area contributed by atoms with Crippen molar-refractivity contribution in [1.82, 2.24) is 4.98 Å². The number of amides is 1. The van der Waals surface area contributed by atoms with Crippen molar-refractivity contribution in [2.24, 2.45) is 0 Å². The lowest BCUT2D eigenvalue weighted by atomic mass is 10.1. The minimum absolute atomic E-state index is 0.198. The summed E-state index contributed by atoms with van der Waals surface area (Å²) in [5.74, 6) is -0.394. The number of pyridine rings is 1. The fourth-order valence-corrected chi connectivity index (χ4v) is 2.73. The van der Waals surface area contributed by atoms with Crippen LogP contribution in [-0.2, 0) is 4.74 Å². The summed E-state index contributed by atoms with van der Waals surface area (Å²) in [7, 11) is 2.84. The molecule has 0 aliphatic heterocycles. The summed E-state index contributed by atoms with van der Waals surface area (Å²) >= 11 is 0. The molecule has 1 heterocycles. The van der Waals surface area contributed by atoms with Gasteiger partial charge in [0.25, 0.3) is 5.91 Å². The van der Waals surface area contributed by atoms with Crippen LogP contribution in [0.4, 0.5) is 5.69 Å². The van der Waals surface area contributed by atoms with Gasteiger partial charge < -0.3 is 14.8 Å². The lowest BCUT2D eigenvalue weighted by molar-refractivity contribution is 0.0597. The van der Waals surface area contributed by atoms with E-state index in [0.717, 1.165) is 10.9 Å². The molecule has 0 fully saturated rings. The van der Waals surface area contributed by atoms with Gasteiger partial charge in [0, 0.05) is 17.6 Å². The lowest BCUT2D eigenvalue weighted by Crippen LogP contribution is -2.17. The Morgan fingerprint density at radius 1 is 1.04 bits per heavy atom. The van der Waals surface area contributed by atoms with Crippen LogP contribution >= 0.6 is 0 Å². The van der Waals surface area contributed by atoms with E-state index in [9.17, 15) is 9.59 Å². The van der Waals surface area contributed by atoms with Crippen molar-refractivity contribution in [3.63, 3.8) is 0 Å². The minimum atomic E-state index is -0.569. The van der Waals surface area contributed by atoms with Gasteiger partial charge in [-0.2, -0.15) is 0 Å². The zero-order valence-corrected chi connectivity index (χ0v) is 14.7. The average molecular weight is 350 g/mol. The van der Waals surface area contributed by atoms with Crippen molar-refractivity contribution in [3.05, 3.63) is 65.4 Å². The summed E-state index contributed by atoms with van der Waals surface area (Å²) in [6.07, 6.45) is 1.68. The van der Waals surface area contributed by atoms with E-state index in [4.69, 9.17) is 9.47 Å². The first-order chi connectivity index (χ1) is 12.5. The summed E-state index contributed by atoms with van der Waals surface area (Å²) in [5, 5.41) is 3.71. The molecule has 3 rings (SSSR count). The zero-order valence-electron chi connectivity index (χ0n) is 14.7. The topological polar surface area (TPSA) is 77.5 Å². The Morgan fingerprint density at radius 2 is 1.77 bits per heavy atom. The first-order valence-corrected chi connectivity index (χ1v) is 7.97. The molecular weight excluding hydrogens is 332 g/mol. The zero-order chi connectivity index (χ0) is 18.7. The minimum Gasteiger partial charge on any atom is -0.497 e. The molecule has 0 bridgehead atoms. The molecule has 132 valence electrons. The molecule has 1 N–H and O–H groups in total. The Morgan fingerprint density at radius 3 is 2.46 bits per heavy atom. The standard InChI is InChI=1S/C20H18N2O4/c1-12-8-9-21-18-16(12)10-13(25-2)11-17(18)22-19(23)14-6-4-5-7-15(14)20(24)26-3/h4-11H,1-3H3,(H,22,23). The van der Waals surface area contributed by atoms with E-state index in [1.54, 1.807) is 43.6 Å². The highest BCUT2D eigenvalue weighted by Crippen LogP contribution is 2.30. The van der Waals surface area contributed by atoms with Gasteiger partial charge in [-0.3, -0.25) is 9.78 Å². The number of aromatic nitrogens is 1. The molecule has 0 aliphatic carbocycles. The Bertz CT molecular complexity index is 998. The summed E-state index contributed by atoms with van der Waals surface area (Å²) in [4.78, 5) is 29.1. The van der Waals surface area contributed by atoms with E-state index in [2.05, 4.69) is 10.3 Å². The molecule has 3 aromatic rings. The molecule has 6 heteroatoms. The van der Waals surface area contributed by atoms with Crippen LogP contribution in [0.3, 0.4) is 0 Å². The summed E-state index contributed by atoms with van der Waals surface area (Å²) in [5.41, 5.74) is 2.59. The van der Waals surface area contributed by atoms with Crippen LogP contribution in [-0.4, -0.2) is 31.1 Å². The molecule has 0 spiro atoms. The number of anilines is 1. The number of nitrogens with one attached hydrogen (secondary N) is 1. The predicted octanol–water partition coefficient (Wildman–Crippen LogP) is 3.59. The summed E-state index contributed by atoms with van der Waals surface area (Å²) in [6, 6.07) is 11.9. The number of nitrogens with zero attached hydrogens (tertiary/aromatic N) is 1. The number of fused-ring (bicyclic) bond motifs is 1. The van der Waals surface area contributed by atoms with Crippen molar-refractivity contribution in [2.75, 3.05) is 19.5 Å². The van der Waals surface area contributed by atoms with Gasteiger partial charge in [0.1, 0.15) is 5.75 Å². The molecule has 2 aromatic carbocycles. The van der Waals surface area contributed by atoms with Crippen molar-refractivity contribution in [2.45, 2.75) is 6.92 Å². The second-order valence-electron chi connectivity index (χ2n) is 5.69. The number of aryl methyl sites for hydroxylation is 1. The van der Waals surface area contributed by atoms with Crippen LogP contribution in [0.15, 0.2) is 48.7 Å². The van der Waals surface area contributed by atoms with Crippen LogP contribution in [0.2, 0.25) is 0 Å². The van der Waals surface area contributed by atoms with E-state index in [1.807, 2.05) is 19.1 Å². The van der Waals surface area contributed by atoms with Crippen LogP contribution in [0, 0.1) is 6.92 Å². The first-order valence-electron chi connectivity index (χ1n) is 7.97.